The third-order valence-corrected chi connectivity index (χ3v) is 4.48. The van der Waals surface area contributed by atoms with Gasteiger partial charge in [0.05, 0.1) is 5.52 Å². The highest BCUT2D eigenvalue weighted by atomic mass is 15.1. The van der Waals surface area contributed by atoms with E-state index < -0.39 is 0 Å². The van der Waals surface area contributed by atoms with Crippen LogP contribution >= 0.6 is 0 Å². The van der Waals surface area contributed by atoms with E-state index in [0.717, 1.165) is 32.5 Å². The molecule has 0 amide bonds. The van der Waals surface area contributed by atoms with E-state index in [2.05, 4.69) is 36.9 Å². The van der Waals surface area contributed by atoms with Crippen molar-refractivity contribution in [2.24, 2.45) is 5.73 Å². The summed E-state index contributed by atoms with van der Waals surface area (Å²) in [5, 5.41) is 1.25. The van der Waals surface area contributed by atoms with E-state index in [1.165, 1.54) is 33.3 Å². The van der Waals surface area contributed by atoms with Crippen molar-refractivity contribution >= 4 is 10.9 Å². The molecule has 1 aromatic carbocycles. The van der Waals surface area contributed by atoms with Crippen LogP contribution in [0.4, 0.5) is 0 Å². The van der Waals surface area contributed by atoms with Crippen LogP contribution < -0.4 is 5.73 Å². The van der Waals surface area contributed by atoms with Gasteiger partial charge in [-0.15, -0.1) is 0 Å². The lowest BCUT2D eigenvalue weighted by Crippen LogP contribution is -2.32. The van der Waals surface area contributed by atoms with Crippen LogP contribution in [-0.4, -0.2) is 23.0 Å². The van der Waals surface area contributed by atoms with Gasteiger partial charge < -0.3 is 5.73 Å². The van der Waals surface area contributed by atoms with Crippen LogP contribution in [0.2, 0.25) is 0 Å². The first-order chi connectivity index (χ1) is 9.78. The van der Waals surface area contributed by atoms with Crippen molar-refractivity contribution in [2.75, 3.05) is 13.1 Å². The topological polar surface area (TPSA) is 42.1 Å². The van der Waals surface area contributed by atoms with E-state index in [4.69, 9.17) is 10.7 Å². The molecule has 2 heterocycles. The lowest BCUT2D eigenvalue weighted by atomic mass is 9.94. The molecule has 20 heavy (non-hydrogen) atoms. The number of fused-ring (bicyclic) bond motifs is 2. The van der Waals surface area contributed by atoms with Crippen molar-refractivity contribution in [3.05, 3.63) is 40.6 Å². The van der Waals surface area contributed by atoms with Gasteiger partial charge in [0, 0.05) is 37.1 Å². The smallest absolute Gasteiger partial charge is 0.0740 e. The number of benzene rings is 1. The van der Waals surface area contributed by atoms with Crippen LogP contribution in [0.25, 0.3) is 10.9 Å². The van der Waals surface area contributed by atoms with Gasteiger partial charge in [-0.2, -0.15) is 0 Å². The van der Waals surface area contributed by atoms with Crippen molar-refractivity contribution in [3.63, 3.8) is 0 Å². The summed E-state index contributed by atoms with van der Waals surface area (Å²) in [4.78, 5) is 7.45. The highest BCUT2D eigenvalue weighted by molar-refractivity contribution is 5.86. The molecule has 2 aromatic rings. The fourth-order valence-corrected chi connectivity index (χ4v) is 3.25. The van der Waals surface area contributed by atoms with Crippen LogP contribution in [-0.2, 0) is 25.9 Å². The number of aryl methyl sites for hydroxylation is 1. The average Bonchev–Trinajstić information content (AvgIpc) is 2.51. The van der Waals surface area contributed by atoms with Crippen molar-refractivity contribution in [1.82, 2.24) is 9.88 Å². The van der Waals surface area contributed by atoms with Crippen molar-refractivity contribution < 1.29 is 0 Å². The maximum absolute atomic E-state index is 6.07. The van der Waals surface area contributed by atoms with Gasteiger partial charge in [-0.3, -0.25) is 9.88 Å². The number of hydrogen-bond acceptors (Lipinski definition) is 3. The molecular weight excluding hydrogens is 246 g/mol. The molecular formula is C17H23N3. The molecule has 0 spiro atoms. The zero-order valence-electron chi connectivity index (χ0n) is 12.4. The Labute approximate surface area is 120 Å². The van der Waals surface area contributed by atoms with Gasteiger partial charge in [0.1, 0.15) is 0 Å². The Bertz CT molecular complexity index is 634. The zero-order valence-corrected chi connectivity index (χ0v) is 12.4. The van der Waals surface area contributed by atoms with Gasteiger partial charge in [0.15, 0.2) is 0 Å². The molecule has 0 atom stereocenters. The van der Waals surface area contributed by atoms with Gasteiger partial charge in [0.2, 0.25) is 0 Å². The Morgan fingerprint density at radius 3 is 2.85 bits per heavy atom. The standard InChI is InChI=1S/C17H23N3/c1-3-12-6-5-7-13-14(10-18)15-11-20(4-2)9-8-16(15)19-17(12)13/h5-7H,3-4,8-11,18H2,1-2H3. The van der Waals surface area contributed by atoms with Gasteiger partial charge >= 0.3 is 0 Å². The molecule has 0 aliphatic carbocycles. The van der Waals surface area contributed by atoms with Crippen LogP contribution in [0.1, 0.15) is 36.2 Å². The highest BCUT2D eigenvalue weighted by Crippen LogP contribution is 2.29. The maximum atomic E-state index is 6.07. The zero-order chi connectivity index (χ0) is 14.1. The number of nitrogens with zero attached hydrogens (tertiary/aromatic N) is 2. The van der Waals surface area contributed by atoms with E-state index in [-0.39, 0.29) is 0 Å². The number of rotatable bonds is 3. The number of para-hydroxylation sites is 1. The normalized spacial score (nSPS) is 15.6. The number of nitrogens with two attached hydrogens (primary N) is 1. The van der Waals surface area contributed by atoms with Gasteiger partial charge in [-0.1, -0.05) is 32.0 Å². The minimum atomic E-state index is 0.603. The van der Waals surface area contributed by atoms with E-state index in [0.29, 0.717) is 6.54 Å². The Kier molecular flexibility index (Phi) is 3.72. The molecule has 1 aliphatic heterocycles. The summed E-state index contributed by atoms with van der Waals surface area (Å²) in [6, 6.07) is 6.49. The predicted molar refractivity (Wildman–Crippen MR) is 83.7 cm³/mol. The van der Waals surface area contributed by atoms with Crippen molar-refractivity contribution in [2.45, 2.75) is 39.8 Å². The van der Waals surface area contributed by atoms with Crippen LogP contribution in [0.15, 0.2) is 18.2 Å². The molecule has 106 valence electrons. The molecule has 2 N–H and O–H groups in total. The molecule has 0 unspecified atom stereocenters. The Morgan fingerprint density at radius 2 is 2.15 bits per heavy atom. The second-order valence-electron chi connectivity index (χ2n) is 5.51. The number of aromatic nitrogens is 1. The molecule has 0 saturated heterocycles. The molecule has 3 heteroatoms. The Morgan fingerprint density at radius 1 is 1.30 bits per heavy atom. The van der Waals surface area contributed by atoms with E-state index in [1.54, 1.807) is 0 Å². The number of likely N-dealkylation sites (N-methyl/N-ethyl adjacent to an activating group) is 1. The lowest BCUT2D eigenvalue weighted by molar-refractivity contribution is 0.265. The van der Waals surface area contributed by atoms with Gasteiger partial charge in [-0.05, 0) is 29.7 Å². The first-order valence-corrected chi connectivity index (χ1v) is 7.63. The number of hydrogen-bond donors (Lipinski definition) is 1. The molecule has 0 bridgehead atoms. The van der Waals surface area contributed by atoms with Gasteiger partial charge in [-0.25, -0.2) is 0 Å². The molecule has 0 saturated carbocycles. The molecule has 3 rings (SSSR count). The molecule has 0 fully saturated rings. The van der Waals surface area contributed by atoms with E-state index in [1.807, 2.05) is 0 Å². The summed E-state index contributed by atoms with van der Waals surface area (Å²) < 4.78 is 0. The molecule has 3 nitrogen and oxygen atoms in total. The van der Waals surface area contributed by atoms with Crippen molar-refractivity contribution in [3.8, 4) is 0 Å². The first-order valence-electron chi connectivity index (χ1n) is 7.63. The largest absolute Gasteiger partial charge is 0.326 e. The highest BCUT2D eigenvalue weighted by Gasteiger charge is 2.21. The Hall–Kier alpha value is -1.45. The SMILES string of the molecule is CCc1cccc2c(CN)c3c(nc12)CCN(CC)C3. The molecule has 1 aliphatic rings. The number of pyridine rings is 1. The summed E-state index contributed by atoms with van der Waals surface area (Å²) in [6.45, 7) is 8.22. The van der Waals surface area contributed by atoms with Crippen LogP contribution in [0.3, 0.4) is 0 Å². The fraction of sp³-hybridized carbons (Fsp3) is 0.471. The molecule has 0 radical (unpaired) electrons. The predicted octanol–water partition coefficient (Wildman–Crippen LogP) is 2.63. The summed E-state index contributed by atoms with van der Waals surface area (Å²) >= 11 is 0. The second kappa shape index (κ2) is 5.51. The quantitative estimate of drug-likeness (QED) is 0.931. The minimum absolute atomic E-state index is 0.603. The van der Waals surface area contributed by atoms with Crippen LogP contribution in [0.5, 0.6) is 0 Å². The Balaban J connectivity index is 2.25. The summed E-state index contributed by atoms with van der Waals surface area (Å²) in [6.07, 6.45) is 2.07. The minimum Gasteiger partial charge on any atom is -0.326 e. The summed E-state index contributed by atoms with van der Waals surface area (Å²) in [5.74, 6) is 0. The average molecular weight is 269 g/mol. The first kappa shape index (κ1) is 13.5. The summed E-state index contributed by atoms with van der Waals surface area (Å²) in [7, 11) is 0. The van der Waals surface area contributed by atoms with Gasteiger partial charge in [0.25, 0.3) is 0 Å². The third-order valence-electron chi connectivity index (χ3n) is 4.48. The summed E-state index contributed by atoms with van der Waals surface area (Å²) in [5.41, 5.74) is 12.5. The van der Waals surface area contributed by atoms with Crippen LogP contribution in [0, 0.1) is 0 Å². The van der Waals surface area contributed by atoms with Crippen molar-refractivity contribution in [1.29, 1.82) is 0 Å². The monoisotopic (exact) mass is 269 g/mol. The third kappa shape index (κ3) is 2.11. The second-order valence-corrected chi connectivity index (χ2v) is 5.51. The van der Waals surface area contributed by atoms with E-state index >= 15 is 0 Å². The molecule has 1 aromatic heterocycles. The maximum Gasteiger partial charge on any atom is 0.0740 e. The van der Waals surface area contributed by atoms with E-state index in [9.17, 15) is 0 Å². The lowest BCUT2D eigenvalue weighted by Gasteiger charge is -2.29. The fourth-order valence-electron chi connectivity index (χ4n) is 3.25.